The van der Waals surface area contributed by atoms with Crippen LogP contribution in [0.25, 0.3) is 0 Å². The Morgan fingerprint density at radius 3 is 2.66 bits per heavy atom. The summed E-state index contributed by atoms with van der Waals surface area (Å²) in [4.78, 5) is 26.9. The molecule has 10 atom stereocenters. The minimum Gasteiger partial charge on any atom is -0.457 e. The van der Waals surface area contributed by atoms with Crippen molar-refractivity contribution >= 4 is 11.9 Å². The van der Waals surface area contributed by atoms with E-state index in [0.29, 0.717) is 24.6 Å². The van der Waals surface area contributed by atoms with E-state index in [0.717, 1.165) is 12.1 Å². The van der Waals surface area contributed by atoms with Gasteiger partial charge in [0.15, 0.2) is 12.4 Å². The molecular weight excluding hydrogens is 608 g/mol. The summed E-state index contributed by atoms with van der Waals surface area (Å²) in [7, 11) is 3.49. The van der Waals surface area contributed by atoms with Gasteiger partial charge in [0.1, 0.15) is 23.9 Å². The van der Waals surface area contributed by atoms with Crippen LogP contribution in [0, 0.1) is 23.7 Å². The van der Waals surface area contributed by atoms with Crippen molar-refractivity contribution in [2.75, 3.05) is 34.0 Å². The molecule has 260 valence electrons. The van der Waals surface area contributed by atoms with Gasteiger partial charge in [-0.2, -0.15) is 0 Å². The average molecular weight is 659 g/mol. The molecule has 0 radical (unpaired) electrons. The zero-order chi connectivity index (χ0) is 34.1. The molecule has 3 N–H and O–H groups in total. The lowest BCUT2D eigenvalue weighted by molar-refractivity contribution is -0.275. The number of rotatable bonds is 9. The second kappa shape index (κ2) is 14.2. The van der Waals surface area contributed by atoms with E-state index < -0.39 is 54.0 Å². The van der Waals surface area contributed by atoms with E-state index in [9.17, 15) is 19.8 Å². The lowest BCUT2D eigenvalue weighted by Gasteiger charge is -2.41. The largest absolute Gasteiger partial charge is 0.457 e. The summed E-state index contributed by atoms with van der Waals surface area (Å²) in [6.07, 6.45) is 8.97. The standard InChI is InChI=1S/C35H50N2O10/c1-20(2)25-10-8-21(3)26-15-29(46-30(40)11-9-24-16-37(6)19-36-24)34(5)12-13-35(42-7,47-34)23(14-27(25)26)17-43-33-31(41)32(45-22(4)38)28(39)18-44-33/h8-9,11-14,16,20,25-29,31-33,36,39,41H,10,15,17-19H2,1-7H3/b11-9+,23-14-/t25-,26+,27-,28-,29+,31+,32-,33-,34+,35-/m1/s1. The number of methoxy groups -OCH3 is 1. The third-order valence-electron chi connectivity index (χ3n) is 10.0. The van der Waals surface area contributed by atoms with Crippen molar-refractivity contribution in [1.82, 2.24) is 10.2 Å². The smallest absolute Gasteiger partial charge is 0.331 e. The number of nitrogens with one attached hydrogen (secondary N) is 1. The number of aliphatic hydroxyl groups is 2. The van der Waals surface area contributed by atoms with Gasteiger partial charge in [0.25, 0.3) is 0 Å². The zero-order valence-electron chi connectivity index (χ0n) is 28.4. The number of fused-ring (bicyclic) bond motifs is 3. The molecular formula is C35H50N2O10. The van der Waals surface area contributed by atoms with Gasteiger partial charge >= 0.3 is 11.9 Å². The van der Waals surface area contributed by atoms with E-state index in [1.807, 2.05) is 37.2 Å². The van der Waals surface area contributed by atoms with Gasteiger partial charge in [-0.3, -0.25) is 4.79 Å². The van der Waals surface area contributed by atoms with Crippen molar-refractivity contribution in [3.05, 3.63) is 59.5 Å². The predicted molar refractivity (Wildman–Crippen MR) is 171 cm³/mol. The van der Waals surface area contributed by atoms with E-state index in [1.54, 1.807) is 13.2 Å². The number of aliphatic hydroxyl groups excluding tert-OH is 2. The zero-order valence-corrected chi connectivity index (χ0v) is 28.4. The summed E-state index contributed by atoms with van der Waals surface area (Å²) in [5.74, 6) is -1.79. The maximum absolute atomic E-state index is 13.3. The molecule has 47 heavy (non-hydrogen) atoms. The quantitative estimate of drug-likeness (QED) is 0.190. The van der Waals surface area contributed by atoms with Crippen LogP contribution in [0.3, 0.4) is 0 Å². The van der Waals surface area contributed by atoms with Crippen molar-refractivity contribution in [1.29, 1.82) is 0 Å². The number of allylic oxidation sites excluding steroid dienone is 4. The Morgan fingerprint density at radius 1 is 1.23 bits per heavy atom. The number of ether oxygens (including phenoxy) is 6. The van der Waals surface area contributed by atoms with Gasteiger partial charge in [-0.25, -0.2) is 4.79 Å². The van der Waals surface area contributed by atoms with E-state index in [-0.39, 0.29) is 31.0 Å². The van der Waals surface area contributed by atoms with E-state index in [1.165, 1.54) is 18.6 Å². The van der Waals surface area contributed by atoms with Crippen molar-refractivity contribution in [2.24, 2.45) is 23.7 Å². The normalized spacial score (nSPS) is 39.6. The monoisotopic (exact) mass is 658 g/mol. The third kappa shape index (κ3) is 7.53. The van der Waals surface area contributed by atoms with Crippen LogP contribution in [0.15, 0.2) is 59.5 Å². The summed E-state index contributed by atoms with van der Waals surface area (Å²) in [6.45, 7) is 10.1. The topological polar surface area (TPSA) is 145 Å². The maximum Gasteiger partial charge on any atom is 0.331 e. The minimum atomic E-state index is -1.42. The molecule has 5 rings (SSSR count). The van der Waals surface area contributed by atoms with Gasteiger partial charge in [-0.1, -0.05) is 31.6 Å². The third-order valence-corrected chi connectivity index (χ3v) is 10.0. The average Bonchev–Trinajstić information content (AvgIpc) is 3.61. The van der Waals surface area contributed by atoms with Gasteiger partial charge in [0.2, 0.25) is 5.79 Å². The first-order valence-electron chi connectivity index (χ1n) is 16.4. The number of nitrogens with zero attached hydrogens (tertiary/aromatic N) is 1. The van der Waals surface area contributed by atoms with Crippen LogP contribution in [0.4, 0.5) is 0 Å². The van der Waals surface area contributed by atoms with Crippen LogP contribution >= 0.6 is 0 Å². The fourth-order valence-corrected chi connectivity index (χ4v) is 7.33. The predicted octanol–water partition coefficient (Wildman–Crippen LogP) is 2.69. The van der Waals surface area contributed by atoms with Gasteiger partial charge < -0.3 is 48.9 Å². The van der Waals surface area contributed by atoms with Crippen LogP contribution in [0.5, 0.6) is 0 Å². The molecule has 0 aromatic rings. The van der Waals surface area contributed by atoms with Gasteiger partial charge in [-0.05, 0) is 68.6 Å². The second-order valence-corrected chi connectivity index (χ2v) is 13.8. The van der Waals surface area contributed by atoms with E-state index in [4.69, 9.17) is 28.4 Å². The molecule has 0 saturated carbocycles. The molecule has 4 aliphatic heterocycles. The van der Waals surface area contributed by atoms with Gasteiger partial charge in [-0.15, -0.1) is 0 Å². The molecule has 5 aliphatic rings. The minimum absolute atomic E-state index is 0.0264. The highest BCUT2D eigenvalue weighted by Gasteiger charge is 2.54. The van der Waals surface area contributed by atoms with Crippen LogP contribution in [-0.2, 0) is 38.0 Å². The molecule has 1 aliphatic carbocycles. The Balaban J connectivity index is 1.46. The number of esters is 2. The van der Waals surface area contributed by atoms with E-state index in [2.05, 4.69) is 38.2 Å². The summed E-state index contributed by atoms with van der Waals surface area (Å²) < 4.78 is 36.1. The summed E-state index contributed by atoms with van der Waals surface area (Å²) in [6, 6.07) is 0. The number of carbonyl (C=O) groups is 2. The Bertz CT molecular complexity index is 1340. The number of carbonyl (C=O) groups excluding carboxylic acids is 2. The highest BCUT2D eigenvalue weighted by Crippen LogP contribution is 2.49. The molecule has 12 nitrogen and oxygen atoms in total. The Labute approximate surface area is 277 Å². The Hall–Kier alpha value is -3.00. The lowest BCUT2D eigenvalue weighted by atomic mass is 9.65. The molecule has 1 saturated heterocycles. The number of hydrogen-bond donors (Lipinski definition) is 3. The Kier molecular flexibility index (Phi) is 10.7. The van der Waals surface area contributed by atoms with Crippen LogP contribution in [0.2, 0.25) is 0 Å². The molecule has 0 unspecified atom stereocenters. The fourth-order valence-electron chi connectivity index (χ4n) is 7.33. The van der Waals surface area contributed by atoms with Crippen LogP contribution in [0.1, 0.15) is 47.5 Å². The molecule has 0 amide bonds. The van der Waals surface area contributed by atoms with Crippen molar-refractivity contribution in [3.63, 3.8) is 0 Å². The Morgan fingerprint density at radius 2 is 2.00 bits per heavy atom. The van der Waals surface area contributed by atoms with Crippen molar-refractivity contribution < 1.29 is 48.2 Å². The van der Waals surface area contributed by atoms with Crippen LogP contribution < -0.4 is 5.32 Å². The molecule has 0 spiro atoms. The van der Waals surface area contributed by atoms with E-state index >= 15 is 0 Å². The molecule has 0 aromatic heterocycles. The van der Waals surface area contributed by atoms with Crippen molar-refractivity contribution in [3.8, 4) is 0 Å². The molecule has 1 fully saturated rings. The molecule has 4 heterocycles. The fraction of sp³-hybridized carbons (Fsp3) is 0.657. The summed E-state index contributed by atoms with van der Waals surface area (Å²) in [5, 5.41) is 24.5. The molecule has 2 bridgehead atoms. The van der Waals surface area contributed by atoms with Gasteiger partial charge in [0, 0.05) is 38.9 Å². The second-order valence-electron chi connectivity index (χ2n) is 13.8. The number of hydrogen-bond acceptors (Lipinski definition) is 12. The lowest BCUT2D eigenvalue weighted by Crippen LogP contribution is -2.55. The summed E-state index contributed by atoms with van der Waals surface area (Å²) >= 11 is 0. The maximum atomic E-state index is 13.3. The van der Waals surface area contributed by atoms with Crippen LogP contribution in [-0.4, -0.2) is 103 Å². The summed E-state index contributed by atoms with van der Waals surface area (Å²) in [5.41, 5.74) is 1.65. The SMILES string of the molecule is CO[C@]12C=C[C@](C)(O1)[C@@H](OC(=O)/C=C/C1=CN(C)CN1)C[C@H]1C(C)=CC[C@H](C(C)C)[C@H]1/C=C\2CO[C@@H]1OC[C@@H](O)[C@@H](OC(C)=O)[C@@H]1O. The highest BCUT2D eigenvalue weighted by atomic mass is 16.7. The molecule has 12 heteroatoms. The first kappa shape index (κ1) is 35.3. The highest BCUT2D eigenvalue weighted by molar-refractivity contribution is 5.82. The van der Waals surface area contributed by atoms with Crippen molar-refractivity contribution in [2.45, 2.75) is 89.6 Å². The first-order chi connectivity index (χ1) is 22.2. The first-order valence-corrected chi connectivity index (χ1v) is 16.4. The molecule has 0 aromatic carbocycles. The van der Waals surface area contributed by atoms with Gasteiger partial charge in [0.05, 0.1) is 25.6 Å².